The summed E-state index contributed by atoms with van der Waals surface area (Å²) in [5.74, 6) is 0.0309. The molecule has 1 saturated carbocycles. The van der Waals surface area contributed by atoms with Crippen LogP contribution in [0.15, 0.2) is 53.7 Å². The smallest absolute Gasteiger partial charge is 0.269 e. The lowest BCUT2D eigenvalue weighted by Gasteiger charge is -2.37. The molecule has 8 nitrogen and oxygen atoms in total. The van der Waals surface area contributed by atoms with Gasteiger partial charge in [0.05, 0.1) is 30.1 Å². The molecule has 2 bridgehead atoms. The number of halogens is 2. The van der Waals surface area contributed by atoms with Crippen molar-refractivity contribution < 1.29 is 19.2 Å². The predicted octanol–water partition coefficient (Wildman–Crippen LogP) is 4.91. The van der Waals surface area contributed by atoms with Gasteiger partial charge in [-0.2, -0.15) is 10.1 Å². The summed E-state index contributed by atoms with van der Waals surface area (Å²) in [5.41, 5.74) is 1.61. The molecule has 4 aliphatic rings. The fraction of sp³-hybridized carbons (Fsp3) is 0.292. The van der Waals surface area contributed by atoms with Gasteiger partial charge in [-0.25, -0.2) is 0 Å². The number of nitrogens with zero attached hydrogens (tertiary/aromatic N) is 3. The lowest BCUT2D eigenvalue weighted by Crippen LogP contribution is -2.38. The summed E-state index contributed by atoms with van der Waals surface area (Å²) in [7, 11) is 0. The highest BCUT2D eigenvalue weighted by atomic mass is 127. The van der Waals surface area contributed by atoms with Crippen molar-refractivity contribution in [2.24, 2.45) is 28.8 Å². The molecule has 174 valence electrons. The number of carbonyl (C=O) groups excluding carboxylic acids is 2. The van der Waals surface area contributed by atoms with Crippen LogP contribution in [0.3, 0.4) is 0 Å². The number of fused-ring (bicyclic) bond motifs is 1. The molecule has 2 amide bonds. The van der Waals surface area contributed by atoms with Gasteiger partial charge in [0.2, 0.25) is 0 Å². The Kier molecular flexibility index (Phi) is 6.44. The maximum absolute atomic E-state index is 12.9. The average molecular weight is 683 g/mol. The number of allylic oxidation sites excluding steroid dienone is 2. The molecule has 0 unspecified atom stereocenters. The highest BCUT2D eigenvalue weighted by Gasteiger charge is 2.56. The van der Waals surface area contributed by atoms with Crippen molar-refractivity contribution in [1.29, 1.82) is 0 Å². The summed E-state index contributed by atoms with van der Waals surface area (Å²) >= 11 is 4.34. The molecule has 2 aromatic rings. The van der Waals surface area contributed by atoms with Gasteiger partial charge < -0.3 is 4.74 Å². The second-order valence-corrected chi connectivity index (χ2v) is 10.9. The van der Waals surface area contributed by atoms with Gasteiger partial charge in [0.1, 0.15) is 12.4 Å². The van der Waals surface area contributed by atoms with Gasteiger partial charge in [0.15, 0.2) is 0 Å². The number of nitro benzene ring substituents is 1. The van der Waals surface area contributed by atoms with Crippen molar-refractivity contribution in [3.8, 4) is 5.75 Å². The third-order valence-corrected chi connectivity index (χ3v) is 8.21. The lowest BCUT2D eigenvalue weighted by atomic mass is 9.63. The van der Waals surface area contributed by atoms with Gasteiger partial charge >= 0.3 is 0 Å². The van der Waals surface area contributed by atoms with Crippen LogP contribution in [0.4, 0.5) is 5.69 Å². The fourth-order valence-electron chi connectivity index (χ4n) is 4.96. The summed E-state index contributed by atoms with van der Waals surface area (Å²) in [6.45, 7) is 0.271. The molecule has 34 heavy (non-hydrogen) atoms. The third kappa shape index (κ3) is 4.25. The van der Waals surface area contributed by atoms with Crippen LogP contribution in [0.5, 0.6) is 5.75 Å². The van der Waals surface area contributed by atoms with E-state index >= 15 is 0 Å². The SMILES string of the molecule is O=C1[C@@H]2[C@H](C(=O)N1/N=C\c1cc(I)c(OCc3ccc([N+](=O)[O-])cc3)c(I)c1)[C@H]1C=C[C@H]2CC1. The van der Waals surface area contributed by atoms with E-state index in [1.165, 1.54) is 12.1 Å². The molecule has 0 aromatic heterocycles. The van der Waals surface area contributed by atoms with Crippen LogP contribution in [-0.2, 0) is 16.2 Å². The third-order valence-electron chi connectivity index (χ3n) is 6.61. The number of ether oxygens (including phenoxy) is 1. The summed E-state index contributed by atoms with van der Waals surface area (Å²) in [6, 6.07) is 9.99. The van der Waals surface area contributed by atoms with Crippen molar-refractivity contribution in [2.75, 3.05) is 0 Å². The first kappa shape index (κ1) is 23.4. The summed E-state index contributed by atoms with van der Waals surface area (Å²) in [4.78, 5) is 36.2. The first-order valence-electron chi connectivity index (χ1n) is 10.8. The zero-order valence-corrected chi connectivity index (χ0v) is 22.1. The molecule has 10 heteroatoms. The maximum atomic E-state index is 12.9. The van der Waals surface area contributed by atoms with Crippen LogP contribution in [0.1, 0.15) is 24.0 Å². The van der Waals surface area contributed by atoms with Gasteiger partial charge in [0, 0.05) is 12.1 Å². The van der Waals surface area contributed by atoms with Gasteiger partial charge in [-0.05, 0) is 105 Å². The molecule has 0 spiro atoms. The minimum Gasteiger partial charge on any atom is -0.487 e. The molecule has 1 saturated heterocycles. The van der Waals surface area contributed by atoms with E-state index in [4.69, 9.17) is 4.74 Å². The van der Waals surface area contributed by atoms with E-state index in [9.17, 15) is 19.7 Å². The normalized spacial score (nSPS) is 25.3. The molecule has 2 fully saturated rings. The highest BCUT2D eigenvalue weighted by molar-refractivity contribution is 14.1. The van der Waals surface area contributed by atoms with Crippen molar-refractivity contribution in [1.82, 2.24) is 5.01 Å². The van der Waals surface area contributed by atoms with E-state index in [-0.39, 0.29) is 47.8 Å². The molecular weight excluding hydrogens is 664 g/mol. The van der Waals surface area contributed by atoms with Gasteiger partial charge in [-0.3, -0.25) is 19.7 Å². The minimum atomic E-state index is -0.435. The van der Waals surface area contributed by atoms with Gasteiger partial charge in [-0.15, -0.1) is 0 Å². The molecule has 4 atom stereocenters. The van der Waals surface area contributed by atoms with Gasteiger partial charge in [0.25, 0.3) is 17.5 Å². The monoisotopic (exact) mass is 683 g/mol. The maximum Gasteiger partial charge on any atom is 0.269 e. The van der Waals surface area contributed by atoms with E-state index in [0.717, 1.165) is 36.1 Å². The molecule has 2 aromatic carbocycles. The number of hydrazone groups is 1. The Balaban J connectivity index is 1.29. The van der Waals surface area contributed by atoms with Crippen LogP contribution >= 0.6 is 45.2 Å². The van der Waals surface area contributed by atoms with E-state index in [0.29, 0.717) is 5.75 Å². The number of nitro groups is 1. The second kappa shape index (κ2) is 9.36. The largest absolute Gasteiger partial charge is 0.487 e. The number of imide groups is 1. The van der Waals surface area contributed by atoms with Gasteiger partial charge in [-0.1, -0.05) is 12.2 Å². The Morgan fingerprint density at radius 1 is 1.03 bits per heavy atom. The quantitative estimate of drug-likeness (QED) is 0.108. The number of non-ortho nitro benzene ring substituents is 1. The zero-order valence-electron chi connectivity index (χ0n) is 17.8. The van der Waals surface area contributed by atoms with Crippen LogP contribution in [0.2, 0.25) is 0 Å². The molecule has 1 heterocycles. The molecule has 0 N–H and O–H groups in total. The first-order valence-corrected chi connectivity index (χ1v) is 12.9. The number of rotatable bonds is 6. The zero-order chi connectivity index (χ0) is 24.0. The second-order valence-electron chi connectivity index (χ2n) is 8.60. The van der Waals surface area contributed by atoms with Crippen LogP contribution in [0.25, 0.3) is 0 Å². The average Bonchev–Trinajstić information content (AvgIpc) is 3.10. The molecule has 6 rings (SSSR count). The molecule has 1 aliphatic heterocycles. The fourth-order valence-corrected chi connectivity index (χ4v) is 7.09. The Morgan fingerprint density at radius 3 is 2.09 bits per heavy atom. The van der Waals surface area contributed by atoms with Crippen molar-refractivity contribution in [3.05, 3.63) is 76.9 Å². The van der Waals surface area contributed by atoms with E-state index in [2.05, 4.69) is 62.4 Å². The summed E-state index contributed by atoms with van der Waals surface area (Å²) in [5, 5.41) is 16.1. The number of hydrogen-bond donors (Lipinski definition) is 0. The van der Waals surface area contributed by atoms with Crippen molar-refractivity contribution >= 4 is 68.9 Å². The Labute approximate surface area is 222 Å². The first-order chi connectivity index (χ1) is 16.3. The topological polar surface area (TPSA) is 102 Å². The minimum absolute atomic E-state index is 0.0367. The number of carbonyl (C=O) groups is 2. The highest BCUT2D eigenvalue weighted by Crippen LogP contribution is 2.49. The molecule has 3 aliphatic carbocycles. The number of hydrogen-bond acceptors (Lipinski definition) is 6. The van der Waals surface area contributed by atoms with Crippen molar-refractivity contribution in [2.45, 2.75) is 19.4 Å². The Hall–Kier alpha value is -2.35. The van der Waals surface area contributed by atoms with Crippen molar-refractivity contribution in [3.63, 3.8) is 0 Å². The Bertz CT molecular complexity index is 1190. The summed E-state index contributed by atoms with van der Waals surface area (Å²) < 4.78 is 7.66. The molecular formula is C24H19I2N3O5. The van der Waals surface area contributed by atoms with E-state index in [1.54, 1.807) is 18.3 Å². The van der Waals surface area contributed by atoms with E-state index < -0.39 is 4.92 Å². The predicted molar refractivity (Wildman–Crippen MR) is 141 cm³/mol. The standard InChI is InChI=1S/C24H19I2N3O5/c25-18-9-14(10-19(26)22(18)34-12-13-1-7-17(8-2-13)29(32)33)11-27-28-23(30)20-15-3-4-16(6-5-15)21(20)24(28)31/h1-4,7-11,15-16,20-21H,5-6,12H2/b27-11-/t15-,16-,20-,21+/m0/s1. The van der Waals surface area contributed by atoms with Crippen LogP contribution in [-0.4, -0.2) is 28.0 Å². The van der Waals surface area contributed by atoms with E-state index in [1.807, 2.05) is 12.1 Å². The number of amides is 2. The lowest BCUT2D eigenvalue weighted by molar-refractivity contribution is -0.384. The summed E-state index contributed by atoms with van der Waals surface area (Å²) in [6.07, 6.45) is 7.64. The van der Waals surface area contributed by atoms with Crippen LogP contribution < -0.4 is 4.74 Å². The molecule has 0 radical (unpaired) electrons. The number of benzene rings is 2. The van der Waals surface area contributed by atoms with Crippen LogP contribution in [0, 0.1) is 40.9 Å². The Morgan fingerprint density at radius 2 is 1.59 bits per heavy atom.